The van der Waals surface area contributed by atoms with Gasteiger partial charge < -0.3 is 9.47 Å². The summed E-state index contributed by atoms with van der Waals surface area (Å²) in [5.41, 5.74) is 1.26. The van der Waals surface area contributed by atoms with E-state index in [2.05, 4.69) is 24.3 Å². The maximum Gasteiger partial charge on any atom is 0.0845 e. The number of benzene rings is 1. The number of hydrogen-bond acceptors (Lipinski definition) is 3. The van der Waals surface area contributed by atoms with Crippen molar-refractivity contribution in [1.29, 1.82) is 0 Å². The van der Waals surface area contributed by atoms with Gasteiger partial charge >= 0.3 is 18.7 Å². The minimum atomic E-state index is 0.569. The molecule has 1 heterocycles. The maximum atomic E-state index is 8.81. The summed E-state index contributed by atoms with van der Waals surface area (Å²) in [5, 5.41) is 0. The predicted octanol–water partition coefficient (Wildman–Crippen LogP) is 2.85. The minimum absolute atomic E-state index is 0.569. The summed E-state index contributed by atoms with van der Waals surface area (Å²) in [5.74, 6) is 0.715. The van der Waals surface area contributed by atoms with Crippen LogP contribution in [0.15, 0.2) is 30.3 Å². The first-order valence-electron chi connectivity index (χ1n) is 7.00. The Morgan fingerprint density at radius 2 is 2.00 bits per heavy atom. The van der Waals surface area contributed by atoms with Crippen LogP contribution in [0.2, 0.25) is 6.82 Å². The molecule has 19 heavy (non-hydrogen) atoms. The first kappa shape index (κ1) is 14.4. The minimum Gasteiger partial charge on any atom is -0.376 e. The van der Waals surface area contributed by atoms with Gasteiger partial charge in [-0.25, -0.2) is 0 Å². The smallest absolute Gasteiger partial charge is 0.0845 e. The van der Waals surface area contributed by atoms with E-state index in [0.29, 0.717) is 18.1 Å². The van der Waals surface area contributed by atoms with Crippen LogP contribution >= 0.6 is 0 Å². The van der Waals surface area contributed by atoms with Gasteiger partial charge in [-0.2, -0.15) is 0 Å². The van der Waals surface area contributed by atoms with Gasteiger partial charge in [0.15, 0.2) is 0 Å². The summed E-state index contributed by atoms with van der Waals surface area (Å²) in [6.07, 6.45) is 4.89. The van der Waals surface area contributed by atoms with Crippen LogP contribution in [0.3, 0.4) is 0 Å². The van der Waals surface area contributed by atoms with Crippen LogP contribution in [-0.4, -0.2) is 26.0 Å². The van der Waals surface area contributed by atoms with Crippen LogP contribution in [0.25, 0.3) is 0 Å². The zero-order valence-corrected chi connectivity index (χ0v) is 11.5. The fourth-order valence-electron chi connectivity index (χ4n) is 2.56. The van der Waals surface area contributed by atoms with Crippen molar-refractivity contribution in [1.82, 2.24) is 0 Å². The van der Waals surface area contributed by atoms with E-state index >= 15 is 0 Å². The molecule has 1 saturated carbocycles. The molecule has 0 spiro atoms. The standard InChI is InChI=1S/C14H18O2.CH3BO/c1-2-4-11(5-3-1)9-15-10-12-6-7-13-14(8-12)16-13;1-2-3/h1-5,12-14H,6-10H2;1H3. The Hall–Kier alpha value is -0.995. The van der Waals surface area contributed by atoms with Crippen molar-refractivity contribution >= 4 is 7.15 Å². The Bertz CT molecular complexity index is 382. The Morgan fingerprint density at radius 3 is 2.68 bits per heavy atom. The van der Waals surface area contributed by atoms with Gasteiger partial charge in [0.1, 0.15) is 0 Å². The van der Waals surface area contributed by atoms with Crippen molar-refractivity contribution in [3.05, 3.63) is 35.9 Å². The van der Waals surface area contributed by atoms with E-state index in [1.807, 2.05) is 6.07 Å². The molecule has 102 valence electrons. The van der Waals surface area contributed by atoms with Gasteiger partial charge in [-0.15, -0.1) is 0 Å². The second kappa shape index (κ2) is 7.56. The molecule has 1 aliphatic heterocycles. The molecule has 1 aromatic carbocycles. The van der Waals surface area contributed by atoms with E-state index < -0.39 is 0 Å². The fourth-order valence-corrected chi connectivity index (χ4v) is 2.56. The van der Waals surface area contributed by atoms with Gasteiger partial charge in [0.05, 0.1) is 18.8 Å². The van der Waals surface area contributed by atoms with Crippen LogP contribution < -0.4 is 0 Å². The molecule has 0 N–H and O–H groups in total. The van der Waals surface area contributed by atoms with Crippen molar-refractivity contribution < 1.29 is 14.2 Å². The molecule has 0 aromatic heterocycles. The number of epoxide rings is 1. The first-order valence-corrected chi connectivity index (χ1v) is 7.00. The van der Waals surface area contributed by atoms with E-state index in [1.165, 1.54) is 31.6 Å². The number of ether oxygens (including phenoxy) is 2. The molecule has 0 bridgehead atoms. The summed E-state index contributed by atoms with van der Waals surface area (Å²) in [6.45, 7) is 3.08. The third-order valence-electron chi connectivity index (χ3n) is 3.58. The summed E-state index contributed by atoms with van der Waals surface area (Å²) < 4.78 is 20.1. The zero-order valence-electron chi connectivity index (χ0n) is 11.5. The molecule has 1 aromatic rings. The monoisotopic (exact) mass is 260 g/mol. The molecule has 0 radical (unpaired) electrons. The molecule has 2 aliphatic rings. The summed E-state index contributed by atoms with van der Waals surface area (Å²) in [7, 11) is 0.750. The third-order valence-corrected chi connectivity index (χ3v) is 3.58. The summed E-state index contributed by atoms with van der Waals surface area (Å²) in [4.78, 5) is 0. The molecular weight excluding hydrogens is 239 g/mol. The molecule has 3 atom stereocenters. The van der Waals surface area contributed by atoms with Crippen molar-refractivity contribution in [2.45, 2.75) is 44.9 Å². The van der Waals surface area contributed by atoms with Gasteiger partial charge in [0.25, 0.3) is 0 Å². The van der Waals surface area contributed by atoms with E-state index in [1.54, 1.807) is 0 Å². The normalized spacial score (nSPS) is 27.5. The fraction of sp³-hybridized carbons (Fsp3) is 0.600. The van der Waals surface area contributed by atoms with Crippen LogP contribution in [0, 0.1) is 5.92 Å². The first-order chi connectivity index (χ1) is 9.33. The molecule has 4 heteroatoms. The van der Waals surface area contributed by atoms with E-state index in [4.69, 9.17) is 14.2 Å². The molecule has 2 fully saturated rings. The molecule has 3 nitrogen and oxygen atoms in total. The SMILES string of the molecule is CB=O.c1ccc(COCC2CCC3OC3C2)cc1. The van der Waals surface area contributed by atoms with Gasteiger partial charge in [-0.05, 0) is 30.7 Å². The topological polar surface area (TPSA) is 38.8 Å². The van der Waals surface area contributed by atoms with Gasteiger partial charge in [0, 0.05) is 6.61 Å². The van der Waals surface area contributed by atoms with Gasteiger partial charge in [0.2, 0.25) is 0 Å². The quantitative estimate of drug-likeness (QED) is 0.617. The van der Waals surface area contributed by atoms with Gasteiger partial charge in [-0.3, -0.25) is 0 Å². The molecule has 0 amide bonds. The average molecular weight is 260 g/mol. The number of rotatable bonds is 4. The molecule has 3 rings (SSSR count). The molecular formula is C15H21BO3. The van der Waals surface area contributed by atoms with E-state index in [0.717, 1.165) is 20.4 Å². The predicted molar refractivity (Wildman–Crippen MR) is 74.4 cm³/mol. The van der Waals surface area contributed by atoms with Gasteiger partial charge in [-0.1, -0.05) is 30.3 Å². The Balaban J connectivity index is 0.000000408. The van der Waals surface area contributed by atoms with E-state index in [9.17, 15) is 0 Å². The second-order valence-corrected chi connectivity index (χ2v) is 5.13. The van der Waals surface area contributed by atoms with Crippen molar-refractivity contribution in [2.75, 3.05) is 6.61 Å². The molecule has 1 aliphatic carbocycles. The second-order valence-electron chi connectivity index (χ2n) is 5.13. The summed E-state index contributed by atoms with van der Waals surface area (Å²) >= 11 is 0. The van der Waals surface area contributed by atoms with Crippen molar-refractivity contribution in [3.8, 4) is 0 Å². The summed E-state index contributed by atoms with van der Waals surface area (Å²) in [6, 6.07) is 10.4. The van der Waals surface area contributed by atoms with Crippen molar-refractivity contribution in [2.24, 2.45) is 5.92 Å². The number of hydrogen-bond donors (Lipinski definition) is 0. The van der Waals surface area contributed by atoms with Crippen molar-refractivity contribution in [3.63, 3.8) is 0 Å². The maximum absolute atomic E-state index is 8.81. The average Bonchev–Trinajstić information content (AvgIpc) is 3.19. The van der Waals surface area contributed by atoms with Crippen LogP contribution in [0.5, 0.6) is 0 Å². The largest absolute Gasteiger partial charge is 0.376 e. The molecule has 3 unspecified atom stereocenters. The van der Waals surface area contributed by atoms with E-state index in [-0.39, 0.29) is 0 Å². The third kappa shape index (κ3) is 4.88. The van der Waals surface area contributed by atoms with Crippen LogP contribution in [-0.2, 0) is 20.8 Å². The Morgan fingerprint density at radius 1 is 1.26 bits per heavy atom. The zero-order chi connectivity index (χ0) is 13.5. The Kier molecular flexibility index (Phi) is 5.74. The number of fused-ring (bicyclic) bond motifs is 1. The molecule has 1 saturated heterocycles. The van der Waals surface area contributed by atoms with Crippen LogP contribution in [0.4, 0.5) is 0 Å². The van der Waals surface area contributed by atoms with Crippen LogP contribution in [0.1, 0.15) is 24.8 Å². The Labute approximate surface area is 115 Å².